The van der Waals surface area contributed by atoms with Crippen LogP contribution < -0.4 is 0 Å². The highest BCUT2D eigenvalue weighted by atomic mass is 16.3. The number of allylic oxidation sites excluding steroid dienone is 1. The van der Waals surface area contributed by atoms with Crippen LogP contribution in [0.4, 0.5) is 0 Å². The summed E-state index contributed by atoms with van der Waals surface area (Å²) in [6.07, 6.45) is 15.3. The van der Waals surface area contributed by atoms with E-state index in [-0.39, 0.29) is 5.41 Å². The fourth-order valence-electron chi connectivity index (χ4n) is 6.62. The quantitative estimate of drug-likeness (QED) is 0.626. The minimum absolute atomic E-state index is 0.0953. The van der Waals surface area contributed by atoms with E-state index in [1.54, 1.807) is 5.57 Å². The van der Waals surface area contributed by atoms with E-state index in [1.807, 2.05) is 0 Å². The van der Waals surface area contributed by atoms with Gasteiger partial charge in [-0.25, -0.2) is 0 Å². The summed E-state index contributed by atoms with van der Waals surface area (Å²) in [5, 5.41) is 11.8. The SMILES string of the molecule is C[C@@]12CCC[C@H]1[C@@H]1CC=C3CCCC[C@]3(C)[C@@]1(O)CC2. The normalized spacial score (nSPS) is 54.6. The zero-order valence-electron chi connectivity index (χ0n) is 13.3. The summed E-state index contributed by atoms with van der Waals surface area (Å²) < 4.78 is 0. The van der Waals surface area contributed by atoms with E-state index in [1.165, 1.54) is 51.4 Å². The van der Waals surface area contributed by atoms with E-state index in [9.17, 15) is 5.11 Å². The predicted molar refractivity (Wildman–Crippen MR) is 82.4 cm³/mol. The first-order chi connectivity index (χ1) is 9.50. The molecule has 0 radical (unpaired) electrons. The van der Waals surface area contributed by atoms with E-state index in [2.05, 4.69) is 19.9 Å². The maximum atomic E-state index is 11.8. The van der Waals surface area contributed by atoms with Gasteiger partial charge in [0.2, 0.25) is 0 Å². The third kappa shape index (κ3) is 1.48. The van der Waals surface area contributed by atoms with Crippen molar-refractivity contribution in [3.63, 3.8) is 0 Å². The van der Waals surface area contributed by atoms with Crippen molar-refractivity contribution in [3.8, 4) is 0 Å². The van der Waals surface area contributed by atoms with Gasteiger partial charge in [0.15, 0.2) is 0 Å². The molecule has 0 aliphatic heterocycles. The van der Waals surface area contributed by atoms with Crippen molar-refractivity contribution < 1.29 is 5.11 Å². The maximum Gasteiger partial charge on any atom is 0.0771 e. The summed E-state index contributed by atoms with van der Waals surface area (Å²) in [4.78, 5) is 0. The second kappa shape index (κ2) is 4.12. The van der Waals surface area contributed by atoms with E-state index >= 15 is 0 Å². The molecule has 0 spiro atoms. The lowest BCUT2D eigenvalue weighted by Gasteiger charge is -2.61. The first kappa shape index (κ1) is 13.4. The van der Waals surface area contributed by atoms with Crippen LogP contribution in [0.15, 0.2) is 11.6 Å². The average Bonchev–Trinajstić information content (AvgIpc) is 2.81. The summed E-state index contributed by atoms with van der Waals surface area (Å²) in [5.41, 5.74) is 1.83. The number of fused-ring (bicyclic) bond motifs is 5. The molecular weight excluding hydrogens is 244 g/mol. The molecule has 0 aromatic rings. The summed E-state index contributed by atoms with van der Waals surface area (Å²) in [7, 11) is 0. The van der Waals surface area contributed by atoms with Crippen LogP contribution in [-0.4, -0.2) is 10.7 Å². The molecule has 3 fully saturated rings. The van der Waals surface area contributed by atoms with Crippen molar-refractivity contribution in [1.82, 2.24) is 0 Å². The number of rotatable bonds is 0. The fourth-order valence-corrected chi connectivity index (χ4v) is 6.62. The molecule has 1 heteroatoms. The highest BCUT2D eigenvalue weighted by Crippen LogP contribution is 2.66. The lowest BCUT2D eigenvalue weighted by Crippen LogP contribution is -2.61. The van der Waals surface area contributed by atoms with Gasteiger partial charge in [-0.05, 0) is 68.6 Å². The third-order valence-electron chi connectivity index (χ3n) is 7.99. The average molecular weight is 274 g/mol. The monoisotopic (exact) mass is 274 g/mol. The van der Waals surface area contributed by atoms with E-state index in [4.69, 9.17) is 0 Å². The Morgan fingerprint density at radius 2 is 1.85 bits per heavy atom. The second-order valence-electron chi connectivity index (χ2n) is 8.69. The predicted octanol–water partition coefficient (Wildman–Crippen LogP) is 4.84. The van der Waals surface area contributed by atoms with Crippen LogP contribution in [0.25, 0.3) is 0 Å². The summed E-state index contributed by atoms with van der Waals surface area (Å²) in [6.45, 7) is 4.90. The van der Waals surface area contributed by atoms with Crippen molar-refractivity contribution in [2.24, 2.45) is 22.7 Å². The molecular formula is C19H30O. The van der Waals surface area contributed by atoms with Gasteiger partial charge in [-0.2, -0.15) is 0 Å². The fraction of sp³-hybridized carbons (Fsp3) is 0.895. The van der Waals surface area contributed by atoms with Gasteiger partial charge in [-0.1, -0.05) is 38.3 Å². The first-order valence-electron chi connectivity index (χ1n) is 8.92. The molecule has 0 bridgehead atoms. The van der Waals surface area contributed by atoms with E-state index < -0.39 is 5.60 Å². The number of aliphatic hydroxyl groups is 1. The summed E-state index contributed by atoms with van der Waals surface area (Å²) in [5.74, 6) is 1.31. The smallest absolute Gasteiger partial charge is 0.0771 e. The zero-order valence-corrected chi connectivity index (χ0v) is 13.3. The molecule has 0 unspecified atom stereocenters. The highest BCUT2D eigenvalue weighted by Gasteiger charge is 2.62. The molecule has 1 nitrogen and oxygen atoms in total. The minimum Gasteiger partial charge on any atom is -0.389 e. The Balaban J connectivity index is 1.77. The van der Waals surface area contributed by atoms with Crippen LogP contribution in [0.1, 0.15) is 78.1 Å². The second-order valence-corrected chi connectivity index (χ2v) is 8.69. The molecule has 1 N–H and O–H groups in total. The lowest BCUT2D eigenvalue weighted by molar-refractivity contribution is -0.179. The standard InChI is InChI=1S/C19H30O/c1-17-10-5-7-15(17)16-9-8-14-6-3-4-11-18(14,2)19(16,20)13-12-17/h8,15-16,20H,3-7,9-13H2,1-2H3/t15-,16-,17-,18-,19+/m0/s1. The van der Waals surface area contributed by atoms with Crippen molar-refractivity contribution in [2.45, 2.75) is 83.7 Å². The van der Waals surface area contributed by atoms with Crippen molar-refractivity contribution in [3.05, 3.63) is 11.6 Å². The Hall–Kier alpha value is -0.300. The molecule has 0 heterocycles. The molecule has 4 aliphatic rings. The van der Waals surface area contributed by atoms with Gasteiger partial charge < -0.3 is 5.11 Å². The van der Waals surface area contributed by atoms with Gasteiger partial charge in [0, 0.05) is 5.41 Å². The third-order valence-corrected chi connectivity index (χ3v) is 7.99. The molecule has 4 aliphatic carbocycles. The summed E-state index contributed by atoms with van der Waals surface area (Å²) >= 11 is 0. The zero-order chi connectivity index (χ0) is 14.0. The Kier molecular flexibility index (Phi) is 2.76. The molecule has 0 aromatic carbocycles. The van der Waals surface area contributed by atoms with Crippen LogP contribution in [0.3, 0.4) is 0 Å². The van der Waals surface area contributed by atoms with Crippen molar-refractivity contribution >= 4 is 0 Å². The van der Waals surface area contributed by atoms with Crippen LogP contribution in [0.5, 0.6) is 0 Å². The molecule has 112 valence electrons. The van der Waals surface area contributed by atoms with Gasteiger partial charge in [0.1, 0.15) is 0 Å². The molecule has 5 atom stereocenters. The van der Waals surface area contributed by atoms with Gasteiger partial charge >= 0.3 is 0 Å². The van der Waals surface area contributed by atoms with Gasteiger partial charge in [-0.15, -0.1) is 0 Å². The minimum atomic E-state index is -0.397. The van der Waals surface area contributed by atoms with Crippen molar-refractivity contribution in [2.75, 3.05) is 0 Å². The largest absolute Gasteiger partial charge is 0.389 e. The molecule has 0 aromatic heterocycles. The van der Waals surface area contributed by atoms with Gasteiger partial charge in [0.05, 0.1) is 5.60 Å². The van der Waals surface area contributed by atoms with Crippen LogP contribution in [-0.2, 0) is 0 Å². The lowest BCUT2D eigenvalue weighted by atomic mass is 9.46. The van der Waals surface area contributed by atoms with Gasteiger partial charge in [0.25, 0.3) is 0 Å². The Morgan fingerprint density at radius 3 is 2.70 bits per heavy atom. The van der Waals surface area contributed by atoms with Crippen LogP contribution >= 0.6 is 0 Å². The number of hydrogen-bond donors (Lipinski definition) is 1. The maximum absolute atomic E-state index is 11.8. The molecule has 3 saturated carbocycles. The van der Waals surface area contributed by atoms with E-state index in [0.717, 1.165) is 18.8 Å². The molecule has 0 saturated heterocycles. The first-order valence-corrected chi connectivity index (χ1v) is 8.92. The topological polar surface area (TPSA) is 20.2 Å². The molecule has 0 amide bonds. The van der Waals surface area contributed by atoms with E-state index in [0.29, 0.717) is 11.3 Å². The number of hydrogen-bond acceptors (Lipinski definition) is 1. The van der Waals surface area contributed by atoms with Gasteiger partial charge in [-0.3, -0.25) is 0 Å². The van der Waals surface area contributed by atoms with Crippen LogP contribution in [0, 0.1) is 22.7 Å². The van der Waals surface area contributed by atoms with Crippen LogP contribution in [0.2, 0.25) is 0 Å². The molecule has 4 rings (SSSR count). The Morgan fingerprint density at radius 1 is 1.00 bits per heavy atom. The Bertz CT molecular complexity index is 453. The summed E-state index contributed by atoms with van der Waals surface area (Å²) in [6, 6.07) is 0. The Labute approximate surface area is 123 Å². The van der Waals surface area contributed by atoms with Crippen molar-refractivity contribution in [1.29, 1.82) is 0 Å². The molecule has 20 heavy (non-hydrogen) atoms. The highest BCUT2D eigenvalue weighted by molar-refractivity contribution is 5.29.